The molecule has 13 heteroatoms. The Morgan fingerprint density at radius 2 is 1.89 bits per heavy atom. The van der Waals surface area contributed by atoms with Crippen molar-refractivity contribution in [2.24, 2.45) is 5.41 Å². The number of rotatable bonds is 9. The lowest BCUT2D eigenvalue weighted by atomic mass is 9.71. The number of anilines is 2. The minimum Gasteiger partial charge on any atom is -0.490 e. The van der Waals surface area contributed by atoms with Crippen LogP contribution in [0.15, 0.2) is 48.5 Å². The van der Waals surface area contributed by atoms with E-state index in [1.165, 1.54) is 24.3 Å². The number of hydrogen-bond donors (Lipinski definition) is 3. The van der Waals surface area contributed by atoms with Crippen LogP contribution in [0.4, 0.5) is 24.9 Å². The summed E-state index contributed by atoms with van der Waals surface area (Å²) in [7, 11) is 0. The van der Waals surface area contributed by atoms with E-state index in [-0.39, 0.29) is 45.5 Å². The molecule has 2 aliphatic heterocycles. The third-order valence-electron chi connectivity index (χ3n) is 9.83. The zero-order chi connectivity index (χ0) is 33.3. The van der Waals surface area contributed by atoms with Crippen LogP contribution in [0.5, 0.6) is 11.6 Å². The molecule has 9 nitrogen and oxygen atoms in total. The van der Waals surface area contributed by atoms with E-state index in [4.69, 9.17) is 26.8 Å². The highest BCUT2D eigenvalue weighted by atomic mass is 35.5. The van der Waals surface area contributed by atoms with Gasteiger partial charge in [0.2, 0.25) is 17.9 Å². The van der Waals surface area contributed by atoms with Crippen molar-refractivity contribution in [2.75, 3.05) is 23.7 Å². The molecule has 0 radical (unpaired) electrons. The molecule has 3 aromatic rings. The van der Waals surface area contributed by atoms with Gasteiger partial charge in [0, 0.05) is 35.8 Å². The van der Waals surface area contributed by atoms with Crippen LogP contribution < -0.4 is 25.4 Å². The number of carboxylic acids is 1. The number of nitrogen functional groups attached to an aromatic ring is 1. The molecule has 2 aromatic carbocycles. The monoisotopic (exact) mass is 673 g/mol. The van der Waals surface area contributed by atoms with Gasteiger partial charge >= 0.3 is 12.1 Å². The molecule has 0 bridgehead atoms. The normalized spacial score (nSPS) is 22.0. The summed E-state index contributed by atoms with van der Waals surface area (Å²) in [5.41, 5.74) is 6.46. The third-order valence-corrected chi connectivity index (χ3v) is 10.1. The topological polar surface area (TPSA) is 123 Å². The molecule has 252 valence electrons. The van der Waals surface area contributed by atoms with E-state index in [2.05, 4.69) is 15.3 Å². The summed E-state index contributed by atoms with van der Waals surface area (Å²) in [6.07, 6.45) is -0.323. The van der Waals surface area contributed by atoms with Gasteiger partial charge < -0.3 is 30.5 Å². The minimum atomic E-state index is -4.82. The second-order valence-electron chi connectivity index (χ2n) is 12.8. The largest absolute Gasteiger partial charge is 0.490 e. The highest BCUT2D eigenvalue weighted by molar-refractivity contribution is 6.30. The Kier molecular flexibility index (Phi) is 9.44. The van der Waals surface area contributed by atoms with E-state index in [1.54, 1.807) is 24.3 Å². The van der Waals surface area contributed by atoms with Crippen molar-refractivity contribution < 1.29 is 32.5 Å². The number of benzene rings is 2. The van der Waals surface area contributed by atoms with Gasteiger partial charge in [0.25, 0.3) is 0 Å². The van der Waals surface area contributed by atoms with Crippen molar-refractivity contribution in [3.8, 4) is 22.8 Å². The van der Waals surface area contributed by atoms with Crippen molar-refractivity contribution >= 4 is 29.3 Å². The second kappa shape index (κ2) is 13.4. The number of ether oxygens (including phenoxy) is 2. The first-order valence-electron chi connectivity index (χ1n) is 16.1. The van der Waals surface area contributed by atoms with Crippen LogP contribution in [0.1, 0.15) is 70.0 Å². The van der Waals surface area contributed by atoms with Crippen LogP contribution in [-0.4, -0.2) is 58.5 Å². The van der Waals surface area contributed by atoms with Crippen molar-refractivity contribution in [2.45, 2.75) is 88.8 Å². The Morgan fingerprint density at radius 1 is 1.15 bits per heavy atom. The fourth-order valence-corrected chi connectivity index (χ4v) is 7.67. The van der Waals surface area contributed by atoms with E-state index in [0.717, 1.165) is 32.1 Å². The molecule has 4 N–H and O–H groups in total. The Balaban J connectivity index is 1.25. The van der Waals surface area contributed by atoms with Gasteiger partial charge in [-0.3, -0.25) is 4.79 Å². The molecule has 3 fully saturated rings. The molecule has 1 aromatic heterocycles. The molecular formula is C34H39ClF3N5O4. The number of aliphatic carboxylic acids is 1. The first-order chi connectivity index (χ1) is 22.4. The van der Waals surface area contributed by atoms with E-state index >= 15 is 0 Å². The molecule has 3 heterocycles. The number of nitrogens with zero attached hydrogens (tertiary/aromatic N) is 3. The summed E-state index contributed by atoms with van der Waals surface area (Å²) in [6.45, 7) is 3.10. The summed E-state index contributed by atoms with van der Waals surface area (Å²) in [5.74, 6) is -0.453. The standard InChI is InChI=1S/C34H39ClF3N5O4/c1-2-27-33(19-26(40-27)31(44)45)12-14-43(15-13-33)28-18-29(42-32(39)41-28)47-30(34(36,37)38)24-11-10-21(35)17-25(24)20-6-5-9-23(16-20)46-22-7-3-4-8-22/h5-6,9-11,16-18,22,26-27,30,40H,2-4,7-8,12-15,19H2,1H3,(H,44,45)(H2,39,41,42)/t26?,27?,30-/m1/s1. The molecule has 2 unspecified atom stereocenters. The predicted octanol–water partition coefficient (Wildman–Crippen LogP) is 7.19. The Bertz CT molecular complexity index is 1590. The fraction of sp³-hybridized carbons (Fsp3) is 0.500. The highest BCUT2D eigenvalue weighted by Crippen LogP contribution is 2.46. The smallest absolute Gasteiger partial charge is 0.429 e. The summed E-state index contributed by atoms with van der Waals surface area (Å²) >= 11 is 6.31. The van der Waals surface area contributed by atoms with E-state index in [9.17, 15) is 23.1 Å². The molecule has 3 atom stereocenters. The number of piperidine rings is 1. The minimum absolute atomic E-state index is 0.0659. The Hall–Kier alpha value is -3.77. The number of alkyl halides is 3. The van der Waals surface area contributed by atoms with Gasteiger partial charge in [0.05, 0.1) is 6.10 Å². The van der Waals surface area contributed by atoms with Crippen LogP contribution in [0.25, 0.3) is 11.1 Å². The van der Waals surface area contributed by atoms with Gasteiger partial charge in [-0.15, -0.1) is 0 Å². The average molecular weight is 674 g/mol. The number of halogens is 4. The van der Waals surface area contributed by atoms with Crippen molar-refractivity contribution in [3.63, 3.8) is 0 Å². The SMILES string of the molecule is CCC1NC(C(=O)O)CC12CCN(c1cc(O[C@H](c3ccc(Cl)cc3-c3cccc(OC4CCCC4)c3)C(F)(F)F)nc(N)n1)CC2. The van der Waals surface area contributed by atoms with Crippen LogP contribution >= 0.6 is 11.6 Å². The summed E-state index contributed by atoms with van der Waals surface area (Å²) < 4.78 is 56.2. The van der Waals surface area contributed by atoms with Crippen molar-refractivity contribution in [1.82, 2.24) is 15.3 Å². The molecule has 1 spiro atoms. The molecule has 2 saturated heterocycles. The van der Waals surface area contributed by atoms with Crippen LogP contribution in [-0.2, 0) is 4.79 Å². The summed E-state index contributed by atoms with van der Waals surface area (Å²) in [4.78, 5) is 22.0. The lowest BCUT2D eigenvalue weighted by Gasteiger charge is -2.43. The molecule has 0 amide bonds. The van der Waals surface area contributed by atoms with Crippen molar-refractivity contribution in [1.29, 1.82) is 0 Å². The van der Waals surface area contributed by atoms with Gasteiger partial charge in [-0.2, -0.15) is 23.1 Å². The van der Waals surface area contributed by atoms with Crippen LogP contribution in [0, 0.1) is 5.41 Å². The molecule has 3 aliphatic rings. The third kappa shape index (κ3) is 7.23. The van der Waals surface area contributed by atoms with Crippen LogP contribution in [0.2, 0.25) is 5.02 Å². The molecule has 6 rings (SSSR count). The summed E-state index contributed by atoms with van der Waals surface area (Å²) in [6, 6.07) is 12.1. The average Bonchev–Trinajstić information content (AvgIpc) is 3.68. The first-order valence-corrected chi connectivity index (χ1v) is 16.5. The molecule has 1 aliphatic carbocycles. The quantitative estimate of drug-likeness (QED) is 0.217. The van der Waals surface area contributed by atoms with Crippen molar-refractivity contribution in [3.05, 3.63) is 59.1 Å². The van der Waals surface area contributed by atoms with Gasteiger partial charge in [-0.05, 0) is 92.2 Å². The van der Waals surface area contributed by atoms with Gasteiger partial charge in [-0.1, -0.05) is 36.7 Å². The Morgan fingerprint density at radius 3 is 2.57 bits per heavy atom. The second-order valence-corrected chi connectivity index (χ2v) is 13.3. The van der Waals surface area contributed by atoms with Gasteiger partial charge in [0.15, 0.2) is 0 Å². The number of carboxylic acid groups (broad SMARTS) is 1. The zero-order valence-corrected chi connectivity index (χ0v) is 26.9. The van der Waals surface area contributed by atoms with E-state index in [0.29, 0.717) is 49.5 Å². The number of carbonyl (C=O) groups is 1. The van der Waals surface area contributed by atoms with Crippen LogP contribution in [0.3, 0.4) is 0 Å². The lowest BCUT2D eigenvalue weighted by Crippen LogP contribution is -2.46. The molecule has 47 heavy (non-hydrogen) atoms. The highest BCUT2D eigenvalue weighted by Gasteiger charge is 2.50. The van der Waals surface area contributed by atoms with Gasteiger partial charge in [0.1, 0.15) is 17.6 Å². The fourth-order valence-electron chi connectivity index (χ4n) is 7.49. The maximum Gasteiger partial charge on any atom is 0.429 e. The summed E-state index contributed by atoms with van der Waals surface area (Å²) in [5, 5.41) is 13.1. The first kappa shape index (κ1) is 33.1. The molecular weight excluding hydrogens is 635 g/mol. The van der Waals surface area contributed by atoms with Gasteiger partial charge in [-0.25, -0.2) is 0 Å². The number of aromatic nitrogens is 2. The predicted molar refractivity (Wildman–Crippen MR) is 173 cm³/mol. The Labute approximate surface area is 276 Å². The van der Waals surface area contributed by atoms with E-state index < -0.39 is 24.3 Å². The number of nitrogens with two attached hydrogens (primary N) is 1. The zero-order valence-electron chi connectivity index (χ0n) is 26.1. The number of hydrogen-bond acceptors (Lipinski definition) is 8. The maximum absolute atomic E-state index is 14.8. The molecule has 1 saturated carbocycles. The maximum atomic E-state index is 14.8. The lowest BCUT2D eigenvalue weighted by molar-refractivity contribution is -0.198. The van der Waals surface area contributed by atoms with E-state index in [1.807, 2.05) is 11.8 Å². The number of nitrogens with one attached hydrogen (secondary N) is 1.